The van der Waals surface area contributed by atoms with Crippen LogP contribution in [-0.2, 0) is 17.9 Å². The summed E-state index contributed by atoms with van der Waals surface area (Å²) >= 11 is 0. The van der Waals surface area contributed by atoms with Crippen molar-refractivity contribution in [3.63, 3.8) is 0 Å². The zero-order valence-corrected chi connectivity index (χ0v) is 13.7. The van der Waals surface area contributed by atoms with Crippen molar-refractivity contribution in [1.82, 2.24) is 15.5 Å². The average molecular weight is 341 g/mol. The molecule has 0 saturated carbocycles. The Labute approximate surface area is 145 Å². The van der Waals surface area contributed by atoms with E-state index in [1.54, 1.807) is 17.0 Å². The molecule has 0 aromatic heterocycles. The van der Waals surface area contributed by atoms with Crippen LogP contribution in [0.2, 0.25) is 0 Å². The third-order valence-corrected chi connectivity index (χ3v) is 4.11. The number of hydrogen-bond donors (Lipinski definition) is 2. The van der Waals surface area contributed by atoms with Crippen LogP contribution >= 0.6 is 0 Å². The van der Waals surface area contributed by atoms with Crippen molar-refractivity contribution in [1.29, 1.82) is 0 Å². The summed E-state index contributed by atoms with van der Waals surface area (Å²) in [6.07, 6.45) is 0.292. The molecule has 2 aromatic carbocycles. The number of nitrogens with one attached hydrogen (secondary N) is 2. The summed E-state index contributed by atoms with van der Waals surface area (Å²) in [5.74, 6) is -0.308. The van der Waals surface area contributed by atoms with Gasteiger partial charge in [0.15, 0.2) is 0 Å². The second-order valence-corrected chi connectivity index (χ2v) is 6.12. The van der Waals surface area contributed by atoms with Crippen LogP contribution in [0.5, 0.6) is 0 Å². The number of carbonyl (C=O) groups is 2. The van der Waals surface area contributed by atoms with Gasteiger partial charge in [0.25, 0.3) is 0 Å². The van der Waals surface area contributed by atoms with Crippen molar-refractivity contribution in [2.24, 2.45) is 0 Å². The van der Waals surface area contributed by atoms with Crippen molar-refractivity contribution >= 4 is 11.9 Å². The third kappa shape index (κ3) is 4.79. The molecule has 1 aliphatic heterocycles. The predicted octanol–water partition coefficient (Wildman–Crippen LogP) is 2.43. The number of nitrogens with zero attached hydrogens (tertiary/aromatic N) is 1. The molecule has 1 unspecified atom stereocenters. The first kappa shape index (κ1) is 17.0. The van der Waals surface area contributed by atoms with Crippen molar-refractivity contribution in [3.05, 3.63) is 71.5 Å². The Morgan fingerprint density at radius 3 is 2.64 bits per heavy atom. The zero-order chi connectivity index (χ0) is 17.6. The number of carbonyl (C=O) groups excluding carboxylic acids is 2. The fourth-order valence-electron chi connectivity index (χ4n) is 2.89. The predicted molar refractivity (Wildman–Crippen MR) is 92.0 cm³/mol. The van der Waals surface area contributed by atoms with Gasteiger partial charge in [-0.05, 0) is 23.3 Å². The minimum absolute atomic E-state index is 0.0271. The van der Waals surface area contributed by atoms with Crippen LogP contribution in [0.1, 0.15) is 17.5 Å². The molecule has 2 N–H and O–H groups in total. The highest BCUT2D eigenvalue weighted by Gasteiger charge is 2.30. The highest BCUT2D eigenvalue weighted by atomic mass is 19.1. The molecule has 1 aliphatic rings. The quantitative estimate of drug-likeness (QED) is 0.877. The highest BCUT2D eigenvalue weighted by Crippen LogP contribution is 2.15. The van der Waals surface area contributed by atoms with Gasteiger partial charge in [0.2, 0.25) is 5.91 Å². The number of amides is 3. The molecule has 0 spiro atoms. The van der Waals surface area contributed by atoms with E-state index in [0.29, 0.717) is 25.1 Å². The highest BCUT2D eigenvalue weighted by molar-refractivity contribution is 5.81. The number of likely N-dealkylation sites (tertiary alicyclic amines) is 1. The van der Waals surface area contributed by atoms with E-state index in [1.807, 2.05) is 30.3 Å². The van der Waals surface area contributed by atoms with Gasteiger partial charge in [0, 0.05) is 26.1 Å². The van der Waals surface area contributed by atoms with E-state index >= 15 is 0 Å². The molecular weight excluding hydrogens is 321 g/mol. The molecule has 3 amide bonds. The Hall–Kier alpha value is -2.89. The Kier molecular flexibility index (Phi) is 5.28. The third-order valence-electron chi connectivity index (χ3n) is 4.11. The van der Waals surface area contributed by atoms with Gasteiger partial charge < -0.3 is 15.5 Å². The minimum atomic E-state index is -0.358. The summed E-state index contributed by atoms with van der Waals surface area (Å²) < 4.78 is 13.1. The number of benzene rings is 2. The standard InChI is InChI=1S/C19H20FN3O2/c20-16-8-4-7-15(9-16)11-21-19(25)22-17-10-18(24)23(13-17)12-14-5-2-1-3-6-14/h1-9,17H,10-13H2,(H2,21,22,25). The molecule has 5 nitrogen and oxygen atoms in total. The van der Waals surface area contributed by atoms with E-state index in [-0.39, 0.29) is 30.3 Å². The molecule has 1 fully saturated rings. The molecule has 25 heavy (non-hydrogen) atoms. The monoisotopic (exact) mass is 341 g/mol. The van der Waals surface area contributed by atoms with Gasteiger partial charge in [-0.1, -0.05) is 42.5 Å². The van der Waals surface area contributed by atoms with E-state index in [9.17, 15) is 14.0 Å². The topological polar surface area (TPSA) is 61.4 Å². The van der Waals surface area contributed by atoms with Crippen LogP contribution in [-0.4, -0.2) is 29.4 Å². The molecule has 0 aliphatic carbocycles. The minimum Gasteiger partial charge on any atom is -0.336 e. The zero-order valence-electron chi connectivity index (χ0n) is 13.7. The molecule has 3 rings (SSSR count). The van der Waals surface area contributed by atoms with E-state index < -0.39 is 0 Å². The summed E-state index contributed by atoms with van der Waals surface area (Å²) in [7, 11) is 0. The first-order valence-electron chi connectivity index (χ1n) is 8.20. The summed E-state index contributed by atoms with van der Waals surface area (Å²) in [6.45, 7) is 1.27. The number of urea groups is 1. The van der Waals surface area contributed by atoms with Crippen molar-refractivity contribution in [2.75, 3.05) is 6.54 Å². The van der Waals surface area contributed by atoms with Crippen LogP contribution < -0.4 is 10.6 Å². The maximum Gasteiger partial charge on any atom is 0.315 e. The smallest absolute Gasteiger partial charge is 0.315 e. The SMILES string of the molecule is O=C(NCc1cccc(F)c1)NC1CC(=O)N(Cc2ccccc2)C1. The van der Waals surface area contributed by atoms with Gasteiger partial charge in [-0.25, -0.2) is 9.18 Å². The first-order chi connectivity index (χ1) is 12.1. The van der Waals surface area contributed by atoms with Gasteiger partial charge >= 0.3 is 6.03 Å². The largest absolute Gasteiger partial charge is 0.336 e. The van der Waals surface area contributed by atoms with E-state index in [1.165, 1.54) is 12.1 Å². The molecule has 0 radical (unpaired) electrons. The fourth-order valence-corrected chi connectivity index (χ4v) is 2.89. The maximum atomic E-state index is 13.1. The van der Waals surface area contributed by atoms with Crippen LogP contribution in [0.15, 0.2) is 54.6 Å². The van der Waals surface area contributed by atoms with E-state index in [0.717, 1.165) is 5.56 Å². The van der Waals surface area contributed by atoms with Gasteiger partial charge in [0.05, 0.1) is 6.04 Å². The molecular formula is C19H20FN3O2. The lowest BCUT2D eigenvalue weighted by Crippen LogP contribution is -2.43. The van der Waals surface area contributed by atoms with Crippen molar-refractivity contribution < 1.29 is 14.0 Å². The molecule has 1 atom stereocenters. The van der Waals surface area contributed by atoms with Crippen LogP contribution in [0.4, 0.5) is 9.18 Å². The maximum absolute atomic E-state index is 13.1. The van der Waals surface area contributed by atoms with Crippen molar-refractivity contribution in [3.8, 4) is 0 Å². The molecule has 1 saturated heterocycles. The Balaban J connectivity index is 1.47. The number of halogens is 1. The number of rotatable bonds is 5. The summed E-state index contributed by atoms with van der Waals surface area (Å²) in [6, 6.07) is 15.2. The lowest BCUT2D eigenvalue weighted by atomic mass is 10.2. The Morgan fingerprint density at radius 2 is 1.88 bits per heavy atom. The molecule has 2 aromatic rings. The second-order valence-electron chi connectivity index (χ2n) is 6.12. The van der Waals surface area contributed by atoms with E-state index in [2.05, 4.69) is 10.6 Å². The van der Waals surface area contributed by atoms with Crippen molar-refractivity contribution in [2.45, 2.75) is 25.6 Å². The average Bonchev–Trinajstić information content (AvgIpc) is 2.93. The number of hydrogen-bond acceptors (Lipinski definition) is 2. The molecule has 130 valence electrons. The van der Waals surface area contributed by atoms with Gasteiger partial charge in [0.1, 0.15) is 5.82 Å². The van der Waals surface area contributed by atoms with Crippen LogP contribution in [0.3, 0.4) is 0 Å². The lowest BCUT2D eigenvalue weighted by Gasteiger charge is -2.17. The molecule has 0 bridgehead atoms. The molecule has 6 heteroatoms. The van der Waals surface area contributed by atoms with E-state index in [4.69, 9.17) is 0 Å². The second kappa shape index (κ2) is 7.79. The lowest BCUT2D eigenvalue weighted by molar-refractivity contribution is -0.128. The van der Waals surface area contributed by atoms with Crippen LogP contribution in [0, 0.1) is 5.82 Å². The molecule has 1 heterocycles. The summed E-state index contributed by atoms with van der Waals surface area (Å²) in [4.78, 5) is 25.8. The Bertz CT molecular complexity index is 751. The van der Waals surface area contributed by atoms with Gasteiger partial charge in [-0.15, -0.1) is 0 Å². The fraction of sp³-hybridized carbons (Fsp3) is 0.263. The van der Waals surface area contributed by atoms with Crippen LogP contribution in [0.25, 0.3) is 0 Å². The first-order valence-corrected chi connectivity index (χ1v) is 8.20. The normalized spacial score (nSPS) is 16.8. The van der Waals surface area contributed by atoms with Gasteiger partial charge in [-0.3, -0.25) is 4.79 Å². The Morgan fingerprint density at radius 1 is 1.12 bits per heavy atom. The summed E-state index contributed by atoms with van der Waals surface area (Å²) in [5, 5.41) is 5.49. The summed E-state index contributed by atoms with van der Waals surface area (Å²) in [5.41, 5.74) is 1.75. The van der Waals surface area contributed by atoms with Gasteiger partial charge in [-0.2, -0.15) is 0 Å².